The van der Waals surface area contributed by atoms with E-state index >= 15 is 0 Å². The van der Waals surface area contributed by atoms with Crippen molar-refractivity contribution in [1.29, 1.82) is 0 Å². The van der Waals surface area contributed by atoms with Gasteiger partial charge in [0.05, 0.1) is 18.6 Å². The lowest BCUT2D eigenvalue weighted by atomic mass is 9.87. The minimum Gasteiger partial charge on any atom is -0.490 e. The second kappa shape index (κ2) is 11.1. The lowest BCUT2D eigenvalue weighted by Crippen LogP contribution is -2.23. The Morgan fingerprint density at radius 1 is 1.24 bits per heavy atom. The molecule has 1 aromatic carbocycles. The Labute approximate surface area is 181 Å². The zero-order valence-corrected chi connectivity index (χ0v) is 19.1. The summed E-state index contributed by atoms with van der Waals surface area (Å²) >= 11 is 6.40. The number of halogens is 1. The van der Waals surface area contributed by atoms with E-state index in [0.717, 1.165) is 12.8 Å². The molecule has 2 aromatic rings. The summed E-state index contributed by atoms with van der Waals surface area (Å²) in [7, 11) is 0. The predicted molar refractivity (Wildman–Crippen MR) is 119 cm³/mol. The Hall–Kier alpha value is -1.44. The molecule has 0 radical (unpaired) electrons. The third-order valence-electron chi connectivity index (χ3n) is 4.51. The molecule has 0 unspecified atom stereocenters. The van der Waals surface area contributed by atoms with Crippen molar-refractivity contribution >= 4 is 40.1 Å². The Bertz CT molecular complexity index is 877. The number of carbonyl (C=O) groups excluding carboxylic acids is 1. The highest BCUT2D eigenvalue weighted by Crippen LogP contribution is 2.31. The highest BCUT2D eigenvalue weighted by atomic mass is 32.2. The first kappa shape index (κ1) is 23.8. The molecule has 7 heteroatoms. The third-order valence-corrected chi connectivity index (χ3v) is 5.90. The van der Waals surface area contributed by atoms with Crippen LogP contribution in [0.25, 0.3) is 11.0 Å². The zero-order chi connectivity index (χ0) is 21.4. The van der Waals surface area contributed by atoms with Crippen molar-refractivity contribution in [3.05, 3.63) is 34.8 Å². The molecule has 29 heavy (non-hydrogen) atoms. The lowest BCUT2D eigenvalue weighted by Gasteiger charge is -2.23. The summed E-state index contributed by atoms with van der Waals surface area (Å²) in [5.41, 5.74) is 0.166. The number of rotatable bonds is 11. The summed E-state index contributed by atoms with van der Waals surface area (Å²) in [5, 5.41) is 0.737. The minimum absolute atomic E-state index is 0.206. The first-order valence-corrected chi connectivity index (χ1v) is 11.2. The van der Waals surface area contributed by atoms with Crippen LogP contribution in [0.1, 0.15) is 40.5 Å². The molecule has 0 aliphatic heterocycles. The minimum atomic E-state index is -0.371. The Balaban J connectivity index is 1.72. The van der Waals surface area contributed by atoms with Crippen LogP contribution in [0.5, 0.6) is 5.75 Å². The second-order valence-electron chi connectivity index (χ2n) is 7.98. The van der Waals surface area contributed by atoms with E-state index in [2.05, 4.69) is 13.8 Å². The molecule has 1 heterocycles. The van der Waals surface area contributed by atoms with Gasteiger partial charge in [0.1, 0.15) is 23.8 Å². The highest BCUT2D eigenvalue weighted by Gasteiger charge is 2.27. The smallest absolute Gasteiger partial charge is 0.194 e. The molecule has 2 rings (SSSR count). The summed E-state index contributed by atoms with van der Waals surface area (Å²) in [5.74, 6) is 1.30. The van der Waals surface area contributed by atoms with Crippen molar-refractivity contribution in [2.45, 2.75) is 40.5 Å². The fraction of sp³-hybridized carbons (Fsp3) is 0.545. The van der Waals surface area contributed by atoms with E-state index in [0.29, 0.717) is 48.2 Å². The standard InChI is InChI=1S/C22H29FO4S2/c1-15(2)7-8-22(3,4)21(24)29-12-11-25-9-10-26-19-14-20(28)27-18-6-5-16(23)13-17(18)19/h5-6,13-15H,7-12H2,1-4H3. The molecule has 4 nitrogen and oxygen atoms in total. The van der Waals surface area contributed by atoms with E-state index in [4.69, 9.17) is 26.1 Å². The molecular weight excluding hydrogens is 411 g/mol. The number of benzene rings is 1. The third kappa shape index (κ3) is 7.72. The van der Waals surface area contributed by atoms with Crippen molar-refractivity contribution in [1.82, 2.24) is 0 Å². The van der Waals surface area contributed by atoms with Gasteiger partial charge in [-0.25, -0.2) is 4.39 Å². The van der Waals surface area contributed by atoms with Gasteiger partial charge < -0.3 is 13.9 Å². The monoisotopic (exact) mass is 440 g/mol. The van der Waals surface area contributed by atoms with Crippen LogP contribution in [-0.4, -0.2) is 30.7 Å². The van der Waals surface area contributed by atoms with Gasteiger partial charge in [-0.15, -0.1) is 0 Å². The molecule has 0 atom stereocenters. The maximum absolute atomic E-state index is 13.5. The van der Waals surface area contributed by atoms with E-state index in [1.807, 2.05) is 13.8 Å². The fourth-order valence-electron chi connectivity index (χ4n) is 2.68. The van der Waals surface area contributed by atoms with Crippen LogP contribution in [0.4, 0.5) is 4.39 Å². The first-order chi connectivity index (χ1) is 13.7. The molecule has 0 N–H and O–H groups in total. The number of ether oxygens (including phenoxy) is 2. The van der Waals surface area contributed by atoms with Gasteiger partial charge >= 0.3 is 0 Å². The van der Waals surface area contributed by atoms with Gasteiger partial charge in [-0.05, 0) is 42.8 Å². The average Bonchev–Trinajstić information content (AvgIpc) is 2.65. The topological polar surface area (TPSA) is 48.7 Å². The van der Waals surface area contributed by atoms with E-state index < -0.39 is 0 Å². The van der Waals surface area contributed by atoms with Crippen LogP contribution in [0.2, 0.25) is 0 Å². The Morgan fingerprint density at radius 3 is 2.72 bits per heavy atom. The summed E-state index contributed by atoms with van der Waals surface area (Å²) < 4.78 is 30.4. The van der Waals surface area contributed by atoms with E-state index in [1.54, 1.807) is 6.07 Å². The van der Waals surface area contributed by atoms with Gasteiger partial charge in [-0.1, -0.05) is 45.9 Å². The number of carbonyl (C=O) groups is 1. The molecule has 0 aliphatic carbocycles. The van der Waals surface area contributed by atoms with Gasteiger partial charge in [0.2, 0.25) is 0 Å². The van der Waals surface area contributed by atoms with Crippen molar-refractivity contribution in [2.24, 2.45) is 11.3 Å². The van der Waals surface area contributed by atoms with Crippen molar-refractivity contribution in [2.75, 3.05) is 25.6 Å². The summed E-state index contributed by atoms with van der Waals surface area (Å²) in [6.07, 6.45) is 1.94. The molecule has 0 saturated carbocycles. The molecule has 0 amide bonds. The van der Waals surface area contributed by atoms with Crippen LogP contribution in [0, 0.1) is 21.9 Å². The number of thioether (sulfide) groups is 1. The maximum Gasteiger partial charge on any atom is 0.194 e. The number of hydrogen-bond donors (Lipinski definition) is 0. The molecule has 0 spiro atoms. The quantitative estimate of drug-likeness (QED) is 0.297. The fourth-order valence-corrected chi connectivity index (χ4v) is 3.75. The Morgan fingerprint density at radius 2 is 2.00 bits per heavy atom. The molecular formula is C22H29FO4S2. The SMILES string of the molecule is CC(C)CCC(C)(C)C(=O)SCCOCCOc1cc(=S)oc2ccc(F)cc12. The second-order valence-corrected chi connectivity index (χ2v) is 9.45. The largest absolute Gasteiger partial charge is 0.490 e. The lowest BCUT2D eigenvalue weighted by molar-refractivity contribution is -0.118. The molecule has 0 fully saturated rings. The maximum atomic E-state index is 13.5. The van der Waals surface area contributed by atoms with Crippen LogP contribution < -0.4 is 4.74 Å². The molecule has 1 aromatic heterocycles. The molecule has 0 bridgehead atoms. The van der Waals surface area contributed by atoms with E-state index in [-0.39, 0.29) is 21.1 Å². The van der Waals surface area contributed by atoms with Crippen molar-refractivity contribution in [3.8, 4) is 5.75 Å². The summed E-state index contributed by atoms with van der Waals surface area (Å²) in [6.45, 7) is 9.47. The molecule has 160 valence electrons. The first-order valence-electron chi connectivity index (χ1n) is 9.80. The van der Waals surface area contributed by atoms with Gasteiger partial charge in [0.25, 0.3) is 0 Å². The van der Waals surface area contributed by atoms with Crippen LogP contribution in [0.3, 0.4) is 0 Å². The number of fused-ring (bicyclic) bond motifs is 1. The molecule has 0 saturated heterocycles. The van der Waals surface area contributed by atoms with Crippen LogP contribution in [-0.2, 0) is 9.53 Å². The predicted octanol–water partition coefficient (Wildman–Crippen LogP) is 6.42. The van der Waals surface area contributed by atoms with Crippen molar-refractivity contribution < 1.29 is 23.1 Å². The van der Waals surface area contributed by atoms with Gasteiger partial charge in [0, 0.05) is 17.2 Å². The highest BCUT2D eigenvalue weighted by molar-refractivity contribution is 8.13. The number of hydrogen-bond acceptors (Lipinski definition) is 6. The average molecular weight is 441 g/mol. The van der Waals surface area contributed by atoms with Gasteiger partial charge in [-0.2, -0.15) is 0 Å². The normalized spacial score (nSPS) is 11.9. The summed E-state index contributed by atoms with van der Waals surface area (Å²) in [6, 6.07) is 5.76. The zero-order valence-electron chi connectivity index (χ0n) is 17.5. The van der Waals surface area contributed by atoms with Crippen LogP contribution >= 0.6 is 24.0 Å². The molecule has 0 aliphatic rings. The summed E-state index contributed by atoms with van der Waals surface area (Å²) in [4.78, 5) is 12.4. The van der Waals surface area contributed by atoms with Gasteiger partial charge in [0.15, 0.2) is 9.82 Å². The van der Waals surface area contributed by atoms with Crippen LogP contribution in [0.15, 0.2) is 28.7 Å². The van der Waals surface area contributed by atoms with Gasteiger partial charge in [-0.3, -0.25) is 4.79 Å². The van der Waals surface area contributed by atoms with E-state index in [1.165, 1.54) is 30.0 Å². The Kier molecular flexibility index (Phi) is 9.11. The van der Waals surface area contributed by atoms with E-state index in [9.17, 15) is 9.18 Å². The van der Waals surface area contributed by atoms with Crippen molar-refractivity contribution in [3.63, 3.8) is 0 Å².